The molecule has 104 valence electrons. The fourth-order valence-electron chi connectivity index (χ4n) is 2.65. The Labute approximate surface area is 110 Å². The maximum Gasteiger partial charge on any atom is 0.391 e. The van der Waals surface area contributed by atoms with Crippen molar-refractivity contribution in [3.8, 4) is 0 Å². The van der Waals surface area contributed by atoms with Gasteiger partial charge >= 0.3 is 6.18 Å². The van der Waals surface area contributed by atoms with Crippen molar-refractivity contribution in [2.75, 3.05) is 5.75 Å². The molecule has 6 heteroatoms. The lowest BCUT2D eigenvalue weighted by Gasteiger charge is -2.32. The summed E-state index contributed by atoms with van der Waals surface area (Å²) in [7, 11) is 0. The summed E-state index contributed by atoms with van der Waals surface area (Å²) in [5.74, 6) is 0.949. The second-order valence-electron chi connectivity index (χ2n) is 5.36. The number of hydrogen-bond acceptors (Lipinski definition) is 2. The van der Waals surface area contributed by atoms with Crippen LogP contribution in [0, 0.1) is 0 Å². The molecule has 1 spiro atoms. The summed E-state index contributed by atoms with van der Waals surface area (Å²) in [6.07, 6.45) is 0.948. The first-order valence-corrected chi connectivity index (χ1v) is 7.43. The highest BCUT2D eigenvalue weighted by Crippen LogP contribution is 2.36. The molecule has 0 aromatic heterocycles. The molecule has 0 amide bonds. The van der Waals surface area contributed by atoms with Gasteiger partial charge in [-0.25, -0.2) is 0 Å². The van der Waals surface area contributed by atoms with Crippen molar-refractivity contribution in [3.05, 3.63) is 0 Å². The van der Waals surface area contributed by atoms with E-state index < -0.39 is 18.6 Å². The highest BCUT2D eigenvalue weighted by atomic mass is 32.2. The van der Waals surface area contributed by atoms with Crippen molar-refractivity contribution in [1.82, 2.24) is 5.32 Å². The summed E-state index contributed by atoms with van der Waals surface area (Å²) in [5.41, 5.74) is 0.111. The standard InChI is InChI=1S/C12H19F3N2S/c1-9(7-12(13,14)15)16-10-17-11(8-18-10)5-3-2-4-6-11/h9H,2-8H2,1H3,(H,16,17). The van der Waals surface area contributed by atoms with Crippen LogP contribution in [0.25, 0.3) is 0 Å². The quantitative estimate of drug-likeness (QED) is 0.833. The molecule has 18 heavy (non-hydrogen) atoms. The zero-order valence-corrected chi connectivity index (χ0v) is 11.3. The van der Waals surface area contributed by atoms with E-state index in [1.807, 2.05) is 0 Å². The normalized spacial score (nSPS) is 27.4. The van der Waals surface area contributed by atoms with E-state index in [1.165, 1.54) is 26.2 Å². The molecule has 0 aromatic carbocycles. The average molecular weight is 280 g/mol. The lowest BCUT2D eigenvalue weighted by molar-refractivity contribution is -0.137. The monoisotopic (exact) mass is 280 g/mol. The Morgan fingerprint density at radius 1 is 1.33 bits per heavy atom. The molecule has 1 aliphatic carbocycles. The van der Waals surface area contributed by atoms with Crippen LogP contribution in [0.1, 0.15) is 45.4 Å². The van der Waals surface area contributed by atoms with Gasteiger partial charge < -0.3 is 5.32 Å². The van der Waals surface area contributed by atoms with Crippen LogP contribution in [-0.4, -0.2) is 28.7 Å². The third-order valence-corrected chi connectivity index (χ3v) is 4.71. The third-order valence-electron chi connectivity index (χ3n) is 3.53. The smallest absolute Gasteiger partial charge is 0.359 e. The number of amidine groups is 1. The highest BCUT2D eigenvalue weighted by molar-refractivity contribution is 8.14. The summed E-state index contributed by atoms with van der Waals surface area (Å²) in [5, 5.41) is 4.07. The first kappa shape index (κ1) is 14.0. The predicted octanol–water partition coefficient (Wildman–Crippen LogP) is 3.72. The Balaban J connectivity index is 1.91. The Hall–Kier alpha value is -0.390. The van der Waals surface area contributed by atoms with E-state index >= 15 is 0 Å². The lowest BCUT2D eigenvalue weighted by atomic mass is 9.83. The Bertz CT molecular complexity index is 322. The van der Waals surface area contributed by atoms with Gasteiger partial charge in [-0.15, -0.1) is 0 Å². The number of thioether (sulfide) groups is 1. The van der Waals surface area contributed by atoms with Gasteiger partial charge in [0, 0.05) is 11.3 Å². The van der Waals surface area contributed by atoms with Crippen LogP contribution >= 0.6 is 11.8 Å². The molecular weight excluding hydrogens is 261 g/mol. The van der Waals surface area contributed by atoms with Gasteiger partial charge in [-0.3, -0.25) is 4.99 Å². The van der Waals surface area contributed by atoms with Gasteiger partial charge in [0.2, 0.25) is 0 Å². The van der Waals surface area contributed by atoms with Gasteiger partial charge in [0.25, 0.3) is 0 Å². The van der Waals surface area contributed by atoms with Crippen LogP contribution < -0.4 is 5.32 Å². The van der Waals surface area contributed by atoms with E-state index in [4.69, 9.17) is 0 Å². The molecule has 1 aliphatic heterocycles. The van der Waals surface area contributed by atoms with E-state index in [1.54, 1.807) is 11.8 Å². The second-order valence-corrected chi connectivity index (χ2v) is 6.32. The second kappa shape index (κ2) is 5.31. The van der Waals surface area contributed by atoms with Gasteiger partial charge in [0.15, 0.2) is 5.17 Å². The van der Waals surface area contributed by atoms with Crippen molar-refractivity contribution >= 4 is 16.9 Å². The minimum Gasteiger partial charge on any atom is -0.359 e. The molecule has 2 rings (SSSR count). The zero-order valence-electron chi connectivity index (χ0n) is 10.5. The van der Waals surface area contributed by atoms with E-state index in [0.717, 1.165) is 18.6 Å². The van der Waals surface area contributed by atoms with Crippen molar-refractivity contribution < 1.29 is 13.2 Å². The number of nitrogens with zero attached hydrogens (tertiary/aromatic N) is 1. The highest BCUT2D eigenvalue weighted by Gasteiger charge is 2.38. The SMILES string of the molecule is CC(CC(F)(F)F)N=C1NC2(CCCCC2)CS1. The molecule has 1 atom stereocenters. The Morgan fingerprint density at radius 2 is 2.00 bits per heavy atom. The van der Waals surface area contributed by atoms with Gasteiger partial charge in [-0.2, -0.15) is 13.2 Å². The van der Waals surface area contributed by atoms with Gasteiger partial charge in [-0.05, 0) is 19.8 Å². The first-order chi connectivity index (χ1) is 8.39. The molecule has 2 nitrogen and oxygen atoms in total. The minimum atomic E-state index is -4.13. The van der Waals surface area contributed by atoms with Gasteiger partial charge in [-0.1, -0.05) is 31.0 Å². The summed E-state index contributed by atoms with van der Waals surface area (Å²) < 4.78 is 36.7. The van der Waals surface area contributed by atoms with Crippen molar-refractivity contribution in [3.63, 3.8) is 0 Å². The summed E-state index contributed by atoms with van der Waals surface area (Å²) in [6, 6.07) is -0.696. The summed E-state index contributed by atoms with van der Waals surface area (Å²) in [4.78, 5) is 4.16. The van der Waals surface area contributed by atoms with Crippen LogP contribution in [0.4, 0.5) is 13.2 Å². The average Bonchev–Trinajstić information content (AvgIpc) is 2.59. The van der Waals surface area contributed by atoms with Gasteiger partial charge in [0.1, 0.15) is 0 Å². The molecular formula is C12H19F3N2S. The predicted molar refractivity (Wildman–Crippen MR) is 69.0 cm³/mol. The number of halogens is 3. The van der Waals surface area contributed by atoms with E-state index in [0.29, 0.717) is 5.17 Å². The van der Waals surface area contributed by atoms with Crippen LogP contribution in [-0.2, 0) is 0 Å². The molecule has 2 fully saturated rings. The lowest BCUT2D eigenvalue weighted by Crippen LogP contribution is -2.45. The number of rotatable bonds is 2. The van der Waals surface area contributed by atoms with Crippen LogP contribution in [0.15, 0.2) is 4.99 Å². The molecule has 1 unspecified atom stereocenters. The van der Waals surface area contributed by atoms with Crippen LogP contribution in [0.5, 0.6) is 0 Å². The molecule has 2 aliphatic rings. The van der Waals surface area contributed by atoms with Gasteiger partial charge in [0.05, 0.1) is 12.5 Å². The molecule has 0 bridgehead atoms. The maximum atomic E-state index is 12.2. The Morgan fingerprint density at radius 3 is 2.61 bits per heavy atom. The number of alkyl halides is 3. The minimum absolute atomic E-state index is 0.111. The van der Waals surface area contributed by atoms with E-state index in [2.05, 4.69) is 10.3 Å². The van der Waals surface area contributed by atoms with Crippen molar-refractivity contribution in [2.45, 2.75) is 63.2 Å². The van der Waals surface area contributed by atoms with Crippen molar-refractivity contribution in [2.24, 2.45) is 4.99 Å². The topological polar surface area (TPSA) is 24.4 Å². The van der Waals surface area contributed by atoms with Crippen LogP contribution in [0.3, 0.4) is 0 Å². The Kier molecular flexibility index (Phi) is 4.14. The number of aliphatic imine (C=N–C) groups is 1. The zero-order chi connectivity index (χ0) is 13.2. The third kappa shape index (κ3) is 3.80. The summed E-state index contributed by atoms with van der Waals surface area (Å²) >= 11 is 1.57. The van der Waals surface area contributed by atoms with E-state index in [-0.39, 0.29) is 5.54 Å². The molecule has 1 saturated carbocycles. The fraction of sp³-hybridized carbons (Fsp3) is 0.917. The largest absolute Gasteiger partial charge is 0.391 e. The van der Waals surface area contributed by atoms with E-state index in [9.17, 15) is 13.2 Å². The number of nitrogens with one attached hydrogen (secondary N) is 1. The maximum absolute atomic E-state index is 12.2. The molecule has 0 radical (unpaired) electrons. The summed E-state index contributed by atoms with van der Waals surface area (Å²) in [6.45, 7) is 1.52. The van der Waals surface area contributed by atoms with Crippen molar-refractivity contribution in [1.29, 1.82) is 0 Å². The molecule has 0 aromatic rings. The molecule has 1 saturated heterocycles. The first-order valence-electron chi connectivity index (χ1n) is 6.44. The van der Waals surface area contributed by atoms with Crippen LogP contribution in [0.2, 0.25) is 0 Å². The fourth-order valence-corrected chi connectivity index (χ4v) is 3.97. The molecule has 1 N–H and O–H groups in total. The molecule has 1 heterocycles. The number of hydrogen-bond donors (Lipinski definition) is 1.